The van der Waals surface area contributed by atoms with Crippen LogP contribution in [-0.2, 0) is 9.47 Å². The van der Waals surface area contributed by atoms with E-state index in [9.17, 15) is 14.0 Å². The van der Waals surface area contributed by atoms with Gasteiger partial charge in [0.1, 0.15) is 16.3 Å². The van der Waals surface area contributed by atoms with Crippen molar-refractivity contribution in [1.29, 1.82) is 0 Å². The predicted molar refractivity (Wildman–Crippen MR) is 88.6 cm³/mol. The Balaban J connectivity index is 2.24. The zero-order chi connectivity index (χ0) is 17.9. The predicted octanol–water partition coefficient (Wildman–Crippen LogP) is 4.08. The maximum Gasteiger partial charge on any atom is 0.349 e. The van der Waals surface area contributed by atoms with E-state index in [2.05, 4.69) is 4.37 Å². The maximum absolute atomic E-state index is 14.2. The number of hydrogen-bond donors (Lipinski definition) is 0. The Labute approximate surface area is 143 Å². The molecule has 24 heavy (non-hydrogen) atoms. The number of rotatable bonds is 4. The van der Waals surface area contributed by atoms with Crippen molar-refractivity contribution < 1.29 is 23.5 Å². The molecule has 0 fully saturated rings. The molecule has 0 radical (unpaired) electrons. The lowest BCUT2D eigenvalue weighted by atomic mass is 10.1. The Bertz CT molecular complexity index is 764. The summed E-state index contributed by atoms with van der Waals surface area (Å²) in [7, 11) is 0. The van der Waals surface area contributed by atoms with Gasteiger partial charge < -0.3 is 9.47 Å². The lowest BCUT2D eigenvalue weighted by Crippen LogP contribution is -2.24. The summed E-state index contributed by atoms with van der Waals surface area (Å²) in [4.78, 5) is 23.9. The average molecular weight is 351 g/mol. The molecule has 0 amide bonds. The minimum atomic E-state index is -0.725. The second-order valence-electron chi connectivity index (χ2n) is 5.99. The highest BCUT2D eigenvalue weighted by Gasteiger charge is 2.21. The van der Waals surface area contributed by atoms with Crippen LogP contribution in [0, 0.1) is 5.82 Å². The number of halogens is 1. The number of carbonyl (C=O) groups is 2. The summed E-state index contributed by atoms with van der Waals surface area (Å²) >= 11 is 0.978. The van der Waals surface area contributed by atoms with E-state index in [4.69, 9.17) is 9.47 Å². The molecule has 2 aromatic rings. The van der Waals surface area contributed by atoms with Crippen LogP contribution in [0.2, 0.25) is 0 Å². The Hall–Kier alpha value is -2.28. The van der Waals surface area contributed by atoms with Crippen LogP contribution in [0.5, 0.6) is 0 Å². The fourth-order valence-corrected chi connectivity index (χ4v) is 2.54. The average Bonchev–Trinajstić information content (AvgIpc) is 2.95. The summed E-state index contributed by atoms with van der Waals surface area (Å²) in [6, 6.07) is 5.64. The minimum Gasteiger partial charge on any atom is -0.462 e. The number of aromatic nitrogens is 1. The Morgan fingerprint density at radius 3 is 2.50 bits per heavy atom. The van der Waals surface area contributed by atoms with Crippen LogP contribution in [0.25, 0.3) is 11.3 Å². The molecule has 2 rings (SSSR count). The van der Waals surface area contributed by atoms with Crippen molar-refractivity contribution in [2.24, 2.45) is 0 Å². The summed E-state index contributed by atoms with van der Waals surface area (Å²) in [5.41, 5.74) is 0.0601. The molecule has 1 heterocycles. The Morgan fingerprint density at radius 2 is 1.92 bits per heavy atom. The third-order valence-corrected chi connectivity index (χ3v) is 3.64. The monoisotopic (exact) mass is 351 g/mol. The van der Waals surface area contributed by atoms with E-state index < -0.39 is 23.4 Å². The second-order valence-corrected chi connectivity index (χ2v) is 6.80. The largest absolute Gasteiger partial charge is 0.462 e. The molecule has 7 heteroatoms. The number of benzene rings is 1. The molecule has 1 aromatic carbocycles. The first-order valence-electron chi connectivity index (χ1n) is 7.38. The van der Waals surface area contributed by atoms with Gasteiger partial charge >= 0.3 is 11.9 Å². The molecule has 0 atom stereocenters. The fraction of sp³-hybridized carbons (Fsp3) is 0.353. The van der Waals surface area contributed by atoms with Gasteiger partial charge in [-0.25, -0.2) is 14.0 Å². The first-order chi connectivity index (χ1) is 11.2. The summed E-state index contributed by atoms with van der Waals surface area (Å²) in [6.45, 7) is 7.12. The number of hydrogen-bond acceptors (Lipinski definition) is 6. The molecule has 0 saturated carbocycles. The van der Waals surface area contributed by atoms with Gasteiger partial charge in [0.2, 0.25) is 0 Å². The smallest absolute Gasteiger partial charge is 0.349 e. The molecule has 0 bridgehead atoms. The number of esters is 2. The Morgan fingerprint density at radius 1 is 1.21 bits per heavy atom. The van der Waals surface area contributed by atoms with E-state index in [1.165, 1.54) is 18.2 Å². The molecule has 0 aliphatic heterocycles. The topological polar surface area (TPSA) is 65.5 Å². The van der Waals surface area contributed by atoms with Crippen LogP contribution < -0.4 is 0 Å². The van der Waals surface area contributed by atoms with E-state index in [1.807, 2.05) is 0 Å². The molecule has 0 N–H and O–H groups in total. The van der Waals surface area contributed by atoms with E-state index >= 15 is 0 Å². The molecular formula is C17H18FNO4S. The van der Waals surface area contributed by atoms with Gasteiger partial charge in [-0.05, 0) is 57.4 Å². The molecule has 0 spiro atoms. The standard InChI is InChI=1S/C17H18FNO4S/c1-5-22-16(21)14-9-13(19-24-14)10-6-7-11(12(18)8-10)15(20)23-17(2,3)4/h6-9H,5H2,1-4H3. The molecular weight excluding hydrogens is 333 g/mol. The van der Waals surface area contributed by atoms with Gasteiger partial charge in [0.05, 0.1) is 17.9 Å². The van der Waals surface area contributed by atoms with E-state index in [0.29, 0.717) is 16.1 Å². The van der Waals surface area contributed by atoms with Gasteiger partial charge in [-0.1, -0.05) is 6.07 Å². The van der Waals surface area contributed by atoms with Crippen molar-refractivity contribution >= 4 is 23.5 Å². The van der Waals surface area contributed by atoms with Crippen LogP contribution in [0.15, 0.2) is 24.3 Å². The van der Waals surface area contributed by atoms with E-state index in [1.54, 1.807) is 33.8 Å². The number of carbonyl (C=O) groups excluding carboxylic acids is 2. The van der Waals surface area contributed by atoms with Gasteiger partial charge in [0.25, 0.3) is 0 Å². The third kappa shape index (κ3) is 4.38. The van der Waals surface area contributed by atoms with Crippen molar-refractivity contribution in [3.63, 3.8) is 0 Å². The lowest BCUT2D eigenvalue weighted by Gasteiger charge is -2.19. The molecule has 0 aliphatic rings. The van der Waals surface area contributed by atoms with Crippen LogP contribution in [0.4, 0.5) is 4.39 Å². The minimum absolute atomic E-state index is 0.144. The van der Waals surface area contributed by atoms with Crippen molar-refractivity contribution in [1.82, 2.24) is 4.37 Å². The zero-order valence-electron chi connectivity index (χ0n) is 13.9. The van der Waals surface area contributed by atoms with Crippen molar-refractivity contribution in [2.75, 3.05) is 6.61 Å². The molecule has 5 nitrogen and oxygen atoms in total. The van der Waals surface area contributed by atoms with Crippen LogP contribution in [0.3, 0.4) is 0 Å². The molecule has 0 aliphatic carbocycles. The first-order valence-corrected chi connectivity index (χ1v) is 8.15. The normalized spacial score (nSPS) is 11.2. The highest BCUT2D eigenvalue weighted by atomic mass is 32.1. The second kappa shape index (κ2) is 7.09. The van der Waals surface area contributed by atoms with Crippen LogP contribution >= 0.6 is 11.5 Å². The molecule has 1 aromatic heterocycles. The molecule has 0 saturated heterocycles. The maximum atomic E-state index is 14.2. The van der Waals surface area contributed by atoms with Gasteiger partial charge in [-0.3, -0.25) is 0 Å². The summed E-state index contributed by atoms with van der Waals surface area (Å²) in [5, 5.41) is 0. The number of ether oxygens (including phenoxy) is 2. The molecule has 128 valence electrons. The SMILES string of the molecule is CCOC(=O)c1cc(-c2ccc(C(=O)OC(C)(C)C)c(F)c2)ns1. The number of nitrogens with zero attached hydrogens (tertiary/aromatic N) is 1. The fourth-order valence-electron chi connectivity index (χ4n) is 1.88. The summed E-state index contributed by atoms with van der Waals surface area (Å²) < 4.78 is 28.4. The van der Waals surface area contributed by atoms with Crippen LogP contribution in [0.1, 0.15) is 47.7 Å². The van der Waals surface area contributed by atoms with Crippen LogP contribution in [-0.4, -0.2) is 28.5 Å². The van der Waals surface area contributed by atoms with Gasteiger partial charge in [0.15, 0.2) is 0 Å². The van der Waals surface area contributed by atoms with E-state index in [-0.39, 0.29) is 12.2 Å². The van der Waals surface area contributed by atoms with Gasteiger partial charge in [-0.2, -0.15) is 4.37 Å². The van der Waals surface area contributed by atoms with Crippen molar-refractivity contribution in [2.45, 2.75) is 33.3 Å². The van der Waals surface area contributed by atoms with E-state index in [0.717, 1.165) is 11.5 Å². The summed E-state index contributed by atoms with van der Waals surface area (Å²) in [6.07, 6.45) is 0. The molecule has 0 unspecified atom stereocenters. The summed E-state index contributed by atoms with van der Waals surface area (Å²) in [5.74, 6) is -1.89. The van der Waals surface area contributed by atoms with Gasteiger partial charge in [-0.15, -0.1) is 0 Å². The van der Waals surface area contributed by atoms with Crippen molar-refractivity contribution in [3.8, 4) is 11.3 Å². The quantitative estimate of drug-likeness (QED) is 0.777. The van der Waals surface area contributed by atoms with Gasteiger partial charge in [0, 0.05) is 5.56 Å². The third-order valence-electron chi connectivity index (χ3n) is 2.87. The Kier molecular flexibility index (Phi) is 5.33. The zero-order valence-corrected chi connectivity index (χ0v) is 14.7. The van der Waals surface area contributed by atoms with Crippen molar-refractivity contribution in [3.05, 3.63) is 40.5 Å². The highest BCUT2D eigenvalue weighted by molar-refractivity contribution is 7.08. The lowest BCUT2D eigenvalue weighted by molar-refractivity contribution is 0.00645. The highest BCUT2D eigenvalue weighted by Crippen LogP contribution is 2.25. The first kappa shape index (κ1) is 18.1.